The largest absolute Gasteiger partial charge is 0.372 e. The van der Waals surface area contributed by atoms with Gasteiger partial charge in [0.25, 0.3) is 5.56 Å². The first kappa shape index (κ1) is 33.7. The fourth-order valence-corrected chi connectivity index (χ4v) is 6.40. The zero-order valence-corrected chi connectivity index (χ0v) is 28.3. The predicted octanol–water partition coefficient (Wildman–Crippen LogP) is 5.90. The number of anilines is 1. The zero-order valence-electron chi connectivity index (χ0n) is 28.3. The van der Waals surface area contributed by atoms with Crippen molar-refractivity contribution in [3.05, 3.63) is 123 Å². The summed E-state index contributed by atoms with van der Waals surface area (Å²) in [6, 6.07) is 18.5. The fraction of sp³-hybridized carbons (Fsp3) is 0.333. The normalized spacial score (nSPS) is 13.8. The lowest BCUT2D eigenvalue weighted by Gasteiger charge is -2.36. The summed E-state index contributed by atoms with van der Waals surface area (Å²) in [6.45, 7) is 3.97. The monoisotopic (exact) mass is 662 g/mol. The molecule has 5 aromatic rings. The molecule has 10 heteroatoms. The van der Waals surface area contributed by atoms with Gasteiger partial charge in [0.15, 0.2) is 17.4 Å². The molecule has 0 amide bonds. The molecule has 0 N–H and O–H groups in total. The minimum absolute atomic E-state index is 0.0112. The number of aromatic nitrogens is 4. The Kier molecular flexibility index (Phi) is 10.0. The van der Waals surface area contributed by atoms with Crippen molar-refractivity contribution in [3.8, 4) is 11.8 Å². The first-order chi connectivity index (χ1) is 23.6. The second-order valence-electron chi connectivity index (χ2n) is 12.9. The van der Waals surface area contributed by atoms with E-state index in [1.807, 2.05) is 24.4 Å². The third-order valence-electron chi connectivity index (χ3n) is 9.53. The Morgan fingerprint density at radius 3 is 2.45 bits per heavy atom. The van der Waals surface area contributed by atoms with Crippen molar-refractivity contribution in [2.45, 2.75) is 51.6 Å². The molecule has 2 aromatic heterocycles. The van der Waals surface area contributed by atoms with Gasteiger partial charge in [0.05, 0.1) is 12.1 Å². The molecule has 0 bridgehead atoms. The molecule has 0 saturated carbocycles. The first-order valence-corrected chi connectivity index (χ1v) is 16.6. The Bertz CT molecular complexity index is 2120. The maximum Gasteiger partial charge on any atom is 0.278 e. The number of Topliss-reactive ketones (excluding diaryl/α,β-unsaturated/α-hetero) is 1. The Hall–Kier alpha value is -5.14. The van der Waals surface area contributed by atoms with E-state index in [-0.39, 0.29) is 30.7 Å². The predicted molar refractivity (Wildman–Crippen MR) is 188 cm³/mol. The molecule has 3 aromatic carbocycles. The SMILES string of the molecule is Cc1c(C(=O)CCC#Cc2ccc3nc(Cc4ccc(N(C)C5CCN(C)CC5)cc4)ncc3c2)c(=O)n(Cc2ccc(F)c(F)c2)n1C. The van der Waals surface area contributed by atoms with Crippen molar-refractivity contribution in [1.29, 1.82) is 0 Å². The Morgan fingerprint density at radius 1 is 0.980 bits per heavy atom. The van der Waals surface area contributed by atoms with Crippen molar-refractivity contribution >= 4 is 22.4 Å². The second kappa shape index (κ2) is 14.5. The minimum Gasteiger partial charge on any atom is -0.372 e. The highest BCUT2D eigenvalue weighted by Gasteiger charge is 2.22. The maximum absolute atomic E-state index is 13.7. The highest BCUT2D eigenvalue weighted by atomic mass is 19.2. The van der Waals surface area contributed by atoms with E-state index in [2.05, 4.69) is 65.0 Å². The molecule has 6 rings (SSSR count). The molecule has 0 spiro atoms. The summed E-state index contributed by atoms with van der Waals surface area (Å²) in [4.78, 5) is 40.3. The van der Waals surface area contributed by atoms with Gasteiger partial charge in [0.1, 0.15) is 11.4 Å². The van der Waals surface area contributed by atoms with E-state index in [1.165, 1.54) is 29.3 Å². The van der Waals surface area contributed by atoms with Gasteiger partial charge in [-0.2, -0.15) is 0 Å². The number of carbonyl (C=O) groups excluding carboxylic acids is 1. The van der Waals surface area contributed by atoms with Crippen LogP contribution in [0.2, 0.25) is 0 Å². The van der Waals surface area contributed by atoms with Crippen LogP contribution in [-0.4, -0.2) is 63.2 Å². The van der Waals surface area contributed by atoms with Gasteiger partial charge in [-0.1, -0.05) is 30.0 Å². The lowest BCUT2D eigenvalue weighted by Crippen LogP contribution is -2.41. The van der Waals surface area contributed by atoms with E-state index in [9.17, 15) is 18.4 Å². The van der Waals surface area contributed by atoms with Crippen LogP contribution in [0.15, 0.2) is 71.7 Å². The van der Waals surface area contributed by atoms with E-state index in [0.717, 1.165) is 53.1 Å². The van der Waals surface area contributed by atoms with Gasteiger partial charge in [0, 0.05) is 67.9 Å². The molecule has 8 nitrogen and oxygen atoms in total. The average Bonchev–Trinajstić information content (AvgIpc) is 3.31. The number of ketones is 1. The molecule has 49 heavy (non-hydrogen) atoms. The van der Waals surface area contributed by atoms with Gasteiger partial charge in [-0.25, -0.2) is 23.4 Å². The molecule has 0 aliphatic carbocycles. The highest BCUT2D eigenvalue weighted by molar-refractivity contribution is 5.97. The molecule has 252 valence electrons. The Labute approximate surface area is 285 Å². The Balaban J connectivity index is 1.05. The van der Waals surface area contributed by atoms with E-state index in [1.54, 1.807) is 18.7 Å². The van der Waals surface area contributed by atoms with Crippen molar-refractivity contribution in [3.63, 3.8) is 0 Å². The number of likely N-dealkylation sites (tertiary alicyclic amines) is 1. The number of piperidine rings is 1. The van der Waals surface area contributed by atoms with Gasteiger partial charge in [-0.3, -0.25) is 14.3 Å². The number of benzene rings is 3. The lowest BCUT2D eigenvalue weighted by molar-refractivity contribution is 0.0982. The van der Waals surface area contributed by atoms with Gasteiger partial charge < -0.3 is 9.80 Å². The van der Waals surface area contributed by atoms with Crippen LogP contribution in [0.25, 0.3) is 10.9 Å². The molecule has 3 heterocycles. The summed E-state index contributed by atoms with van der Waals surface area (Å²) < 4.78 is 29.9. The van der Waals surface area contributed by atoms with Crippen LogP contribution in [0.5, 0.6) is 0 Å². The maximum atomic E-state index is 13.7. The molecule has 1 fully saturated rings. The lowest BCUT2D eigenvalue weighted by atomic mass is 10.0. The van der Waals surface area contributed by atoms with Gasteiger partial charge in [0.2, 0.25) is 0 Å². The van der Waals surface area contributed by atoms with E-state index < -0.39 is 17.2 Å². The molecular formula is C39H40F2N6O2. The minimum atomic E-state index is -0.988. The van der Waals surface area contributed by atoms with Crippen molar-refractivity contribution in [2.75, 3.05) is 32.1 Å². The molecule has 1 aliphatic heterocycles. The molecule has 0 atom stereocenters. The third-order valence-corrected chi connectivity index (χ3v) is 9.53. The van der Waals surface area contributed by atoms with E-state index >= 15 is 0 Å². The van der Waals surface area contributed by atoms with Crippen LogP contribution >= 0.6 is 0 Å². The molecule has 1 aliphatic rings. The smallest absolute Gasteiger partial charge is 0.278 e. The zero-order chi connectivity index (χ0) is 34.7. The van der Waals surface area contributed by atoms with Crippen LogP contribution in [0, 0.1) is 30.4 Å². The van der Waals surface area contributed by atoms with Crippen LogP contribution in [0.4, 0.5) is 14.5 Å². The number of halogens is 2. The van der Waals surface area contributed by atoms with Gasteiger partial charge in [-0.05, 0) is 93.5 Å². The van der Waals surface area contributed by atoms with Crippen LogP contribution in [-0.2, 0) is 20.0 Å². The fourth-order valence-electron chi connectivity index (χ4n) is 6.40. The summed E-state index contributed by atoms with van der Waals surface area (Å²) in [5.74, 6) is 4.65. The number of carbonyl (C=O) groups is 1. The summed E-state index contributed by atoms with van der Waals surface area (Å²) >= 11 is 0. The van der Waals surface area contributed by atoms with E-state index in [4.69, 9.17) is 4.98 Å². The number of hydrogen-bond donors (Lipinski definition) is 0. The second-order valence-corrected chi connectivity index (χ2v) is 12.9. The average molecular weight is 663 g/mol. The summed E-state index contributed by atoms with van der Waals surface area (Å²) in [5.41, 5.74) is 4.54. The number of fused-ring (bicyclic) bond motifs is 1. The summed E-state index contributed by atoms with van der Waals surface area (Å²) in [5, 5.41) is 0.878. The van der Waals surface area contributed by atoms with Crippen molar-refractivity contribution in [1.82, 2.24) is 24.2 Å². The summed E-state index contributed by atoms with van der Waals surface area (Å²) in [6.07, 6.45) is 5.16. The van der Waals surface area contributed by atoms with Crippen molar-refractivity contribution < 1.29 is 13.6 Å². The quantitative estimate of drug-likeness (QED) is 0.145. The first-order valence-electron chi connectivity index (χ1n) is 16.6. The van der Waals surface area contributed by atoms with Gasteiger partial charge in [-0.15, -0.1) is 0 Å². The van der Waals surface area contributed by atoms with Crippen LogP contribution < -0.4 is 10.5 Å². The van der Waals surface area contributed by atoms with Gasteiger partial charge >= 0.3 is 0 Å². The summed E-state index contributed by atoms with van der Waals surface area (Å²) in [7, 11) is 6.03. The third kappa shape index (κ3) is 7.63. The number of rotatable bonds is 9. The molecule has 0 radical (unpaired) electrons. The number of nitrogens with zero attached hydrogens (tertiary/aromatic N) is 6. The number of hydrogen-bond acceptors (Lipinski definition) is 6. The molecule has 0 unspecified atom stereocenters. The van der Waals surface area contributed by atoms with Crippen LogP contribution in [0.1, 0.15) is 64.2 Å². The standard InChI is InChI=1S/C39H40F2N6O2/c1-26-38(39(49)47(46(26)4)25-29-11-15-33(40)34(41)22-29)36(48)8-6-5-7-27-12-16-35-30(21-27)24-42-37(43-35)23-28-9-13-31(14-10-28)45(3)32-17-19-44(2)20-18-32/h9-16,21-22,24,32H,6,8,17-20,23,25H2,1-4H3. The van der Waals surface area contributed by atoms with Crippen molar-refractivity contribution in [2.24, 2.45) is 7.05 Å². The molecule has 1 saturated heterocycles. The van der Waals surface area contributed by atoms with E-state index in [0.29, 0.717) is 23.7 Å². The topological polar surface area (TPSA) is 76.3 Å². The molecular weight excluding hydrogens is 622 g/mol. The van der Waals surface area contributed by atoms with Crippen LogP contribution in [0.3, 0.4) is 0 Å². The highest BCUT2D eigenvalue weighted by Crippen LogP contribution is 2.23. The Morgan fingerprint density at radius 2 is 1.71 bits per heavy atom.